The minimum atomic E-state index is -3.85. The van der Waals surface area contributed by atoms with Gasteiger partial charge in [-0.05, 0) is 59.2 Å². The van der Waals surface area contributed by atoms with Crippen molar-refractivity contribution in [3.63, 3.8) is 0 Å². The van der Waals surface area contributed by atoms with E-state index in [2.05, 4.69) is 36.7 Å². The summed E-state index contributed by atoms with van der Waals surface area (Å²) in [7, 11) is -2.47. The second-order valence-corrected chi connectivity index (χ2v) is 16.9. The first-order valence-electron chi connectivity index (χ1n) is 16.1. The Hall–Kier alpha value is -3.26. The van der Waals surface area contributed by atoms with E-state index in [0.717, 1.165) is 0 Å². The fraction of sp³-hybridized carbons (Fsp3) is 0.429. The molecule has 2 amide bonds. The molecule has 260 valence electrons. The SMILES string of the molecule is COc1cc(S(=O)(=O)N2CCOCC2)ccc1NC(=O)[C@@H]1N[C@]2(CC2C(C)(C)C)[C@@]2(C(=O)Nc3cc(Cl)ccc32)[C@H]1c1cccc(Cl)c1F. The molecular formula is C35H37Cl2FN4O6S. The van der Waals surface area contributed by atoms with Crippen molar-refractivity contribution in [3.05, 3.63) is 81.6 Å². The molecule has 2 saturated heterocycles. The molecule has 1 aliphatic carbocycles. The van der Waals surface area contributed by atoms with Crippen molar-refractivity contribution in [2.24, 2.45) is 11.3 Å². The van der Waals surface area contributed by atoms with Gasteiger partial charge in [0, 0.05) is 41.3 Å². The Balaban J connectivity index is 1.34. The Morgan fingerprint density at radius 3 is 2.51 bits per heavy atom. The van der Waals surface area contributed by atoms with E-state index < -0.39 is 44.7 Å². The molecule has 14 heteroatoms. The Morgan fingerprint density at radius 2 is 1.84 bits per heavy atom. The summed E-state index contributed by atoms with van der Waals surface area (Å²) in [5.41, 5.74) is -1.19. The molecule has 7 rings (SSSR count). The van der Waals surface area contributed by atoms with Crippen LogP contribution in [0.15, 0.2) is 59.5 Å². The highest BCUT2D eigenvalue weighted by molar-refractivity contribution is 7.89. The highest BCUT2D eigenvalue weighted by atomic mass is 35.5. The van der Waals surface area contributed by atoms with Crippen LogP contribution in [-0.2, 0) is 29.8 Å². The van der Waals surface area contributed by atoms with Gasteiger partial charge in [0.05, 0.1) is 42.0 Å². The topological polar surface area (TPSA) is 126 Å². The van der Waals surface area contributed by atoms with Crippen LogP contribution in [0.25, 0.3) is 0 Å². The van der Waals surface area contributed by atoms with Crippen molar-refractivity contribution >= 4 is 56.4 Å². The number of benzene rings is 3. The number of methoxy groups -OCH3 is 1. The zero-order valence-corrected chi connectivity index (χ0v) is 29.7. The van der Waals surface area contributed by atoms with Crippen LogP contribution in [0.3, 0.4) is 0 Å². The van der Waals surface area contributed by atoms with Gasteiger partial charge in [-0.1, -0.05) is 62.2 Å². The number of carbonyl (C=O) groups is 2. The van der Waals surface area contributed by atoms with Crippen molar-refractivity contribution in [1.82, 2.24) is 9.62 Å². The minimum absolute atomic E-state index is 0.00363. The van der Waals surface area contributed by atoms with Gasteiger partial charge >= 0.3 is 0 Å². The smallest absolute Gasteiger partial charge is 0.243 e. The molecule has 3 fully saturated rings. The summed E-state index contributed by atoms with van der Waals surface area (Å²) < 4.78 is 55.2. The third-order valence-corrected chi connectivity index (χ3v) is 13.0. The second kappa shape index (κ2) is 11.9. The molecule has 10 nitrogen and oxygen atoms in total. The maximum Gasteiger partial charge on any atom is 0.243 e. The third kappa shape index (κ3) is 5.17. The van der Waals surface area contributed by atoms with Crippen LogP contribution in [0, 0.1) is 17.2 Å². The molecule has 3 N–H and O–H groups in total. The third-order valence-electron chi connectivity index (χ3n) is 10.6. The maximum atomic E-state index is 16.2. The molecule has 2 spiro atoms. The molecule has 1 saturated carbocycles. The molecular weight excluding hydrogens is 694 g/mol. The van der Waals surface area contributed by atoms with E-state index in [9.17, 15) is 18.0 Å². The fourth-order valence-electron chi connectivity index (χ4n) is 8.44. The highest BCUT2D eigenvalue weighted by Gasteiger charge is 2.81. The zero-order valence-electron chi connectivity index (χ0n) is 27.4. The molecule has 3 aromatic rings. The normalized spacial score (nSPS) is 28.1. The van der Waals surface area contributed by atoms with E-state index >= 15 is 4.39 Å². The van der Waals surface area contributed by atoms with Gasteiger partial charge in [0.15, 0.2) is 0 Å². The first kappa shape index (κ1) is 34.2. The van der Waals surface area contributed by atoms with Crippen LogP contribution in [0.5, 0.6) is 5.75 Å². The van der Waals surface area contributed by atoms with Gasteiger partial charge in [0.2, 0.25) is 21.8 Å². The molecule has 0 aromatic heterocycles. The molecule has 1 unspecified atom stereocenters. The number of rotatable bonds is 6. The van der Waals surface area contributed by atoms with Gasteiger partial charge in [-0.15, -0.1) is 0 Å². The number of nitrogens with zero attached hydrogens (tertiary/aromatic N) is 1. The maximum absolute atomic E-state index is 16.2. The molecule has 0 radical (unpaired) electrons. The quantitative estimate of drug-likeness (QED) is 0.304. The fourth-order valence-corrected chi connectivity index (χ4v) is 10.2. The molecule has 3 aliphatic heterocycles. The summed E-state index contributed by atoms with van der Waals surface area (Å²) in [4.78, 5) is 29.2. The number of morpholine rings is 1. The summed E-state index contributed by atoms with van der Waals surface area (Å²) in [6.07, 6.45) is 0.547. The predicted octanol–water partition coefficient (Wildman–Crippen LogP) is 5.55. The number of amides is 2. The zero-order chi connectivity index (χ0) is 35.1. The molecule has 3 heterocycles. The first-order chi connectivity index (χ1) is 23.2. The second-order valence-electron chi connectivity index (χ2n) is 14.2. The van der Waals surface area contributed by atoms with Gasteiger partial charge in [0.1, 0.15) is 17.0 Å². The van der Waals surface area contributed by atoms with Crippen molar-refractivity contribution in [1.29, 1.82) is 0 Å². The van der Waals surface area contributed by atoms with E-state index in [-0.39, 0.29) is 57.2 Å². The number of hydrogen-bond donors (Lipinski definition) is 3. The van der Waals surface area contributed by atoms with Crippen LogP contribution in [0.1, 0.15) is 44.2 Å². The largest absolute Gasteiger partial charge is 0.495 e. The number of sulfonamides is 1. The van der Waals surface area contributed by atoms with E-state index in [1.165, 1.54) is 35.7 Å². The average Bonchev–Trinajstić information content (AvgIpc) is 3.64. The standard InChI is InChI=1S/C35H37Cl2FN4O6S/c1-33(2,3)27-18-34(27)35(22-10-8-19(36)16-25(22)40-32(35)44)28(21-6-5-7-23(37)29(21)38)30(41-34)31(43)39-24-11-9-20(17-26(24)47-4)49(45,46)42-12-14-48-15-13-42/h5-11,16-17,27-28,30,41H,12-15,18H2,1-4H3,(H,39,43)(H,40,44)/t27?,28-,30+,34-,35+/m0/s1. The van der Waals surface area contributed by atoms with Crippen LogP contribution >= 0.6 is 23.2 Å². The van der Waals surface area contributed by atoms with Crippen molar-refractivity contribution in [2.75, 3.05) is 44.0 Å². The summed E-state index contributed by atoms with van der Waals surface area (Å²) in [5, 5.41) is 9.78. The highest BCUT2D eigenvalue weighted by Crippen LogP contribution is 2.72. The summed E-state index contributed by atoms with van der Waals surface area (Å²) in [5.74, 6) is -2.64. The van der Waals surface area contributed by atoms with Crippen LogP contribution in [-0.4, -0.2) is 69.5 Å². The van der Waals surface area contributed by atoms with E-state index in [4.69, 9.17) is 32.7 Å². The summed E-state index contributed by atoms with van der Waals surface area (Å²) in [6, 6.07) is 12.8. The number of ether oxygens (including phenoxy) is 2. The van der Waals surface area contributed by atoms with Gasteiger partial charge in [-0.2, -0.15) is 4.31 Å². The van der Waals surface area contributed by atoms with Gasteiger partial charge < -0.3 is 20.1 Å². The number of hydrogen-bond acceptors (Lipinski definition) is 7. The molecule has 0 bridgehead atoms. The summed E-state index contributed by atoms with van der Waals surface area (Å²) >= 11 is 12.7. The molecule has 49 heavy (non-hydrogen) atoms. The lowest BCUT2D eigenvalue weighted by Gasteiger charge is -2.38. The average molecular weight is 732 g/mol. The Bertz CT molecular complexity index is 1980. The Labute approximate surface area is 294 Å². The van der Waals surface area contributed by atoms with Gasteiger partial charge in [-0.3, -0.25) is 14.9 Å². The van der Waals surface area contributed by atoms with Crippen molar-refractivity contribution < 1.29 is 31.9 Å². The van der Waals surface area contributed by atoms with Gasteiger partial charge in [0.25, 0.3) is 0 Å². The lowest BCUT2D eigenvalue weighted by atomic mass is 9.61. The summed E-state index contributed by atoms with van der Waals surface area (Å²) in [6.45, 7) is 7.27. The van der Waals surface area contributed by atoms with Crippen molar-refractivity contribution in [3.8, 4) is 5.75 Å². The minimum Gasteiger partial charge on any atom is -0.495 e. The van der Waals surface area contributed by atoms with Crippen LogP contribution in [0.4, 0.5) is 15.8 Å². The number of carbonyl (C=O) groups excluding carboxylic acids is 2. The predicted molar refractivity (Wildman–Crippen MR) is 184 cm³/mol. The Kier molecular flexibility index (Phi) is 8.32. The number of fused-ring (bicyclic) bond motifs is 3. The molecule has 3 aromatic carbocycles. The van der Waals surface area contributed by atoms with Crippen LogP contribution in [0.2, 0.25) is 10.0 Å². The number of nitrogens with one attached hydrogen (secondary N) is 3. The van der Waals surface area contributed by atoms with E-state index in [0.29, 0.717) is 35.9 Å². The molecule has 4 aliphatic rings. The van der Waals surface area contributed by atoms with Crippen molar-refractivity contribution in [2.45, 2.75) is 55.0 Å². The van der Waals surface area contributed by atoms with E-state index in [1.54, 1.807) is 30.3 Å². The lowest BCUT2D eigenvalue weighted by molar-refractivity contribution is -0.122. The Morgan fingerprint density at radius 1 is 1.10 bits per heavy atom. The first-order valence-corrected chi connectivity index (χ1v) is 18.3. The molecule has 5 atom stereocenters. The van der Waals surface area contributed by atoms with Gasteiger partial charge in [-0.25, -0.2) is 12.8 Å². The monoisotopic (exact) mass is 730 g/mol. The lowest BCUT2D eigenvalue weighted by Crippen LogP contribution is -2.52. The van der Waals surface area contributed by atoms with Crippen LogP contribution < -0.4 is 20.7 Å². The number of halogens is 3. The number of anilines is 2. The van der Waals surface area contributed by atoms with E-state index in [1.807, 2.05) is 0 Å².